The van der Waals surface area contributed by atoms with Gasteiger partial charge in [-0.3, -0.25) is 0 Å². The van der Waals surface area contributed by atoms with Gasteiger partial charge >= 0.3 is 0 Å². The fraction of sp³-hybridized carbons (Fsp3) is 0.222. The number of halogens is 1. The van der Waals surface area contributed by atoms with E-state index in [9.17, 15) is 0 Å². The summed E-state index contributed by atoms with van der Waals surface area (Å²) in [6, 6.07) is 6.28. The number of hydrogen-bond acceptors (Lipinski definition) is 3. The van der Waals surface area contributed by atoms with Gasteiger partial charge in [0, 0.05) is 6.04 Å². The lowest BCUT2D eigenvalue weighted by atomic mass is 10.1. The van der Waals surface area contributed by atoms with Crippen molar-refractivity contribution in [2.45, 2.75) is 13.0 Å². The van der Waals surface area contributed by atoms with Crippen molar-refractivity contribution in [3.05, 3.63) is 29.3 Å². The third kappa shape index (κ3) is 1.99. The van der Waals surface area contributed by atoms with Crippen LogP contribution in [0.1, 0.15) is 18.5 Å². The van der Waals surface area contributed by atoms with Gasteiger partial charge in [-0.2, -0.15) is 0 Å². The largest absolute Gasteiger partial charge is 0.324 e. The molecule has 1 aromatic carbocycles. The Morgan fingerprint density at radius 2 is 2.23 bits per heavy atom. The van der Waals surface area contributed by atoms with E-state index in [-0.39, 0.29) is 18.4 Å². The molecular formula is C9H11ClN2S. The van der Waals surface area contributed by atoms with Crippen molar-refractivity contribution in [1.82, 2.24) is 4.98 Å². The van der Waals surface area contributed by atoms with E-state index in [0.717, 1.165) is 11.1 Å². The maximum atomic E-state index is 5.75. The molecule has 0 fully saturated rings. The van der Waals surface area contributed by atoms with Crippen molar-refractivity contribution in [2.24, 2.45) is 5.73 Å². The first kappa shape index (κ1) is 10.4. The molecule has 2 nitrogen and oxygen atoms in total. The zero-order valence-corrected chi connectivity index (χ0v) is 8.86. The monoisotopic (exact) mass is 214 g/mol. The topological polar surface area (TPSA) is 38.9 Å². The Balaban J connectivity index is 0.000000845. The second-order valence-corrected chi connectivity index (χ2v) is 3.75. The number of thiazole rings is 1. The number of benzene rings is 1. The van der Waals surface area contributed by atoms with Crippen molar-refractivity contribution in [3.8, 4) is 0 Å². The Hall–Kier alpha value is -0.640. The Labute approximate surface area is 87.2 Å². The molecule has 0 spiro atoms. The quantitative estimate of drug-likeness (QED) is 0.793. The molecule has 1 aromatic heterocycles. The lowest BCUT2D eigenvalue weighted by Crippen LogP contribution is -2.04. The van der Waals surface area contributed by atoms with Gasteiger partial charge in [-0.15, -0.1) is 23.7 Å². The van der Waals surface area contributed by atoms with Gasteiger partial charge < -0.3 is 5.73 Å². The van der Waals surface area contributed by atoms with E-state index in [1.807, 2.05) is 12.4 Å². The molecular weight excluding hydrogens is 204 g/mol. The van der Waals surface area contributed by atoms with Crippen molar-refractivity contribution in [2.75, 3.05) is 0 Å². The predicted molar refractivity (Wildman–Crippen MR) is 59.5 cm³/mol. The summed E-state index contributed by atoms with van der Waals surface area (Å²) < 4.78 is 1.22. The van der Waals surface area contributed by atoms with E-state index in [4.69, 9.17) is 5.73 Å². The first-order valence-corrected chi connectivity index (χ1v) is 4.74. The van der Waals surface area contributed by atoms with E-state index >= 15 is 0 Å². The molecule has 4 heteroatoms. The fourth-order valence-electron chi connectivity index (χ4n) is 1.16. The van der Waals surface area contributed by atoms with Crippen molar-refractivity contribution >= 4 is 34.0 Å². The van der Waals surface area contributed by atoms with Crippen LogP contribution in [0.3, 0.4) is 0 Å². The van der Waals surface area contributed by atoms with Gasteiger partial charge in [-0.05, 0) is 24.6 Å². The molecule has 0 radical (unpaired) electrons. The molecule has 0 saturated carbocycles. The number of fused-ring (bicyclic) bond motifs is 1. The molecule has 0 saturated heterocycles. The first-order chi connectivity index (χ1) is 5.77. The Bertz CT molecular complexity index is 397. The molecule has 0 aliphatic rings. The molecule has 1 heterocycles. The molecule has 13 heavy (non-hydrogen) atoms. The second kappa shape index (κ2) is 4.05. The lowest BCUT2D eigenvalue weighted by Gasteiger charge is -2.03. The van der Waals surface area contributed by atoms with Crippen molar-refractivity contribution in [1.29, 1.82) is 0 Å². The average Bonchev–Trinajstić information content (AvgIpc) is 2.49. The molecule has 0 aliphatic heterocycles. The zero-order chi connectivity index (χ0) is 8.55. The number of rotatable bonds is 1. The highest BCUT2D eigenvalue weighted by atomic mass is 35.5. The summed E-state index contributed by atoms with van der Waals surface area (Å²) in [4.78, 5) is 4.22. The summed E-state index contributed by atoms with van der Waals surface area (Å²) >= 11 is 1.66. The minimum Gasteiger partial charge on any atom is -0.324 e. The minimum absolute atomic E-state index is 0. The normalized spacial score (nSPS) is 12.5. The molecule has 2 N–H and O–H groups in total. The average molecular weight is 215 g/mol. The van der Waals surface area contributed by atoms with Crippen molar-refractivity contribution < 1.29 is 0 Å². The van der Waals surface area contributed by atoms with Gasteiger partial charge in [0.1, 0.15) is 0 Å². The molecule has 2 aromatic rings. The maximum Gasteiger partial charge on any atom is 0.0815 e. The van der Waals surface area contributed by atoms with Gasteiger partial charge in [0.25, 0.3) is 0 Å². The third-order valence-electron chi connectivity index (χ3n) is 1.88. The van der Waals surface area contributed by atoms with Crippen LogP contribution in [0.25, 0.3) is 10.2 Å². The van der Waals surface area contributed by atoms with E-state index in [0.29, 0.717) is 0 Å². The summed E-state index contributed by atoms with van der Waals surface area (Å²) in [6.07, 6.45) is 0. The highest BCUT2D eigenvalue weighted by Gasteiger charge is 2.01. The van der Waals surface area contributed by atoms with Crippen LogP contribution < -0.4 is 5.73 Å². The molecule has 0 bridgehead atoms. The van der Waals surface area contributed by atoms with E-state index in [1.165, 1.54) is 4.70 Å². The Kier molecular flexibility index (Phi) is 3.25. The molecule has 0 aliphatic carbocycles. The Morgan fingerprint density at radius 1 is 1.46 bits per heavy atom. The van der Waals surface area contributed by atoms with Crippen molar-refractivity contribution in [3.63, 3.8) is 0 Å². The highest BCUT2D eigenvalue weighted by Crippen LogP contribution is 2.21. The molecule has 70 valence electrons. The van der Waals surface area contributed by atoms with Gasteiger partial charge in [0.2, 0.25) is 0 Å². The van der Waals surface area contributed by atoms with Crippen LogP contribution >= 0.6 is 23.7 Å². The predicted octanol–water partition coefficient (Wildman–Crippen LogP) is 2.74. The number of aromatic nitrogens is 1. The van der Waals surface area contributed by atoms with Gasteiger partial charge in [-0.25, -0.2) is 4.98 Å². The summed E-state index contributed by atoms with van der Waals surface area (Å²) in [5.41, 5.74) is 9.80. The van der Waals surface area contributed by atoms with E-state index in [1.54, 1.807) is 11.3 Å². The fourth-order valence-corrected chi connectivity index (χ4v) is 1.82. The van der Waals surface area contributed by atoms with Crippen LogP contribution in [0.15, 0.2) is 23.7 Å². The van der Waals surface area contributed by atoms with E-state index in [2.05, 4.69) is 23.2 Å². The van der Waals surface area contributed by atoms with Crippen LogP contribution in [-0.4, -0.2) is 4.98 Å². The van der Waals surface area contributed by atoms with Crippen LogP contribution in [0.4, 0.5) is 0 Å². The van der Waals surface area contributed by atoms with Crippen LogP contribution in [0.5, 0.6) is 0 Å². The summed E-state index contributed by atoms with van der Waals surface area (Å²) in [5.74, 6) is 0. The van der Waals surface area contributed by atoms with Crippen LogP contribution in [0, 0.1) is 0 Å². The smallest absolute Gasteiger partial charge is 0.0815 e. The molecule has 1 unspecified atom stereocenters. The number of nitrogens with zero attached hydrogens (tertiary/aromatic N) is 1. The summed E-state index contributed by atoms with van der Waals surface area (Å²) in [7, 11) is 0. The second-order valence-electron chi connectivity index (χ2n) is 2.87. The number of nitrogens with two attached hydrogens (primary N) is 1. The standard InChI is InChI=1S/C9H10N2S.ClH/c1-6(10)7-2-3-9-8(4-7)11-5-12-9;/h2-6H,10H2,1H3;1H. The van der Waals surface area contributed by atoms with Gasteiger partial charge in [-0.1, -0.05) is 6.07 Å². The van der Waals surface area contributed by atoms with Crippen LogP contribution in [-0.2, 0) is 0 Å². The minimum atomic E-state index is 0. The highest BCUT2D eigenvalue weighted by molar-refractivity contribution is 7.16. The lowest BCUT2D eigenvalue weighted by molar-refractivity contribution is 0.820. The summed E-state index contributed by atoms with van der Waals surface area (Å²) in [5, 5.41) is 0. The zero-order valence-electron chi connectivity index (χ0n) is 7.23. The van der Waals surface area contributed by atoms with Gasteiger partial charge in [0.05, 0.1) is 15.7 Å². The number of hydrogen-bond donors (Lipinski definition) is 1. The molecule has 2 rings (SSSR count). The first-order valence-electron chi connectivity index (χ1n) is 3.86. The molecule has 1 atom stereocenters. The van der Waals surface area contributed by atoms with Crippen LogP contribution in [0.2, 0.25) is 0 Å². The summed E-state index contributed by atoms with van der Waals surface area (Å²) in [6.45, 7) is 1.98. The SMILES string of the molecule is CC(N)c1ccc2scnc2c1.Cl. The Morgan fingerprint density at radius 3 is 2.92 bits per heavy atom. The maximum absolute atomic E-state index is 5.75. The van der Waals surface area contributed by atoms with E-state index < -0.39 is 0 Å². The van der Waals surface area contributed by atoms with Gasteiger partial charge in [0.15, 0.2) is 0 Å². The third-order valence-corrected chi connectivity index (χ3v) is 2.69. The molecule has 0 amide bonds.